The highest BCUT2D eigenvalue weighted by atomic mass is 15.1. The lowest BCUT2D eigenvalue weighted by atomic mass is 9.82. The molecule has 0 amide bonds. The summed E-state index contributed by atoms with van der Waals surface area (Å²) in [5, 5.41) is 3.76. The average Bonchev–Trinajstić information content (AvgIpc) is 2.54. The van der Waals surface area contributed by atoms with Gasteiger partial charge in [0.05, 0.1) is 6.04 Å². The highest BCUT2D eigenvalue weighted by Crippen LogP contribution is 2.34. The van der Waals surface area contributed by atoms with Gasteiger partial charge >= 0.3 is 0 Å². The number of fused-ring (bicyclic) bond motifs is 2. The zero-order valence-electron chi connectivity index (χ0n) is 13.0. The molecule has 0 bridgehead atoms. The summed E-state index contributed by atoms with van der Waals surface area (Å²) in [5.74, 6) is 0. The molecule has 110 valence electrons. The molecule has 0 heterocycles. The van der Waals surface area contributed by atoms with Gasteiger partial charge in [0.15, 0.2) is 0 Å². The van der Waals surface area contributed by atoms with Crippen molar-refractivity contribution >= 4 is 0 Å². The van der Waals surface area contributed by atoms with E-state index in [9.17, 15) is 0 Å². The van der Waals surface area contributed by atoms with Crippen LogP contribution in [0.1, 0.15) is 35.2 Å². The minimum atomic E-state index is 0.330. The third-order valence-electron chi connectivity index (χ3n) is 4.49. The lowest BCUT2D eigenvalue weighted by molar-refractivity contribution is 0.344. The fraction of sp³-hybridized carbons (Fsp3) is 0.368. The standard InChI is InChI=1S/C19H24N2/c1-3-21(2)13-12-20-19-17-10-6-4-8-15(17)14-16-9-5-7-11-18(16)19/h4-11,19-20H,3,12-14H2,1-2H3. The first kappa shape index (κ1) is 14.3. The van der Waals surface area contributed by atoms with Gasteiger partial charge in [0, 0.05) is 13.1 Å². The minimum Gasteiger partial charge on any atom is -0.305 e. The molecule has 0 aromatic heterocycles. The van der Waals surface area contributed by atoms with E-state index in [2.05, 4.69) is 72.7 Å². The molecule has 0 saturated heterocycles. The lowest BCUT2D eigenvalue weighted by Gasteiger charge is -2.30. The van der Waals surface area contributed by atoms with Gasteiger partial charge in [0.2, 0.25) is 0 Å². The van der Waals surface area contributed by atoms with Crippen LogP contribution in [0.4, 0.5) is 0 Å². The second-order valence-corrected chi connectivity index (χ2v) is 5.86. The maximum Gasteiger partial charge on any atom is 0.0582 e. The van der Waals surface area contributed by atoms with Crippen LogP contribution in [-0.4, -0.2) is 31.6 Å². The Hall–Kier alpha value is -1.64. The van der Waals surface area contributed by atoms with Crippen LogP contribution in [0.2, 0.25) is 0 Å². The van der Waals surface area contributed by atoms with Crippen LogP contribution in [0.25, 0.3) is 0 Å². The third kappa shape index (κ3) is 3.02. The predicted molar refractivity (Wildman–Crippen MR) is 88.7 cm³/mol. The first-order valence-corrected chi connectivity index (χ1v) is 7.87. The summed E-state index contributed by atoms with van der Waals surface area (Å²) in [6, 6.07) is 18.0. The maximum atomic E-state index is 3.76. The highest BCUT2D eigenvalue weighted by molar-refractivity contribution is 5.48. The topological polar surface area (TPSA) is 15.3 Å². The Morgan fingerprint density at radius 3 is 2.14 bits per heavy atom. The van der Waals surface area contributed by atoms with Gasteiger partial charge in [-0.2, -0.15) is 0 Å². The van der Waals surface area contributed by atoms with Gasteiger partial charge in [-0.3, -0.25) is 0 Å². The number of nitrogens with one attached hydrogen (secondary N) is 1. The Bertz CT molecular complexity index is 561. The molecule has 2 nitrogen and oxygen atoms in total. The molecule has 0 fully saturated rings. The van der Waals surface area contributed by atoms with E-state index in [1.165, 1.54) is 22.3 Å². The Morgan fingerprint density at radius 2 is 1.57 bits per heavy atom. The molecule has 21 heavy (non-hydrogen) atoms. The molecule has 0 atom stereocenters. The van der Waals surface area contributed by atoms with Crippen molar-refractivity contribution in [3.8, 4) is 0 Å². The summed E-state index contributed by atoms with van der Waals surface area (Å²) >= 11 is 0. The van der Waals surface area contributed by atoms with Crippen LogP contribution >= 0.6 is 0 Å². The number of hydrogen-bond donors (Lipinski definition) is 1. The largest absolute Gasteiger partial charge is 0.305 e. The van der Waals surface area contributed by atoms with Crippen molar-refractivity contribution in [1.29, 1.82) is 0 Å². The van der Waals surface area contributed by atoms with E-state index < -0.39 is 0 Å². The summed E-state index contributed by atoms with van der Waals surface area (Å²) < 4.78 is 0. The monoisotopic (exact) mass is 280 g/mol. The van der Waals surface area contributed by atoms with E-state index in [1.807, 2.05) is 0 Å². The molecule has 0 unspecified atom stereocenters. The molecule has 1 N–H and O–H groups in total. The molecule has 0 radical (unpaired) electrons. The van der Waals surface area contributed by atoms with Crippen molar-refractivity contribution in [1.82, 2.24) is 10.2 Å². The Kier molecular flexibility index (Phi) is 4.37. The number of hydrogen-bond acceptors (Lipinski definition) is 2. The molecule has 2 aromatic carbocycles. The van der Waals surface area contributed by atoms with Gasteiger partial charge in [-0.05, 0) is 42.3 Å². The van der Waals surface area contributed by atoms with E-state index in [4.69, 9.17) is 0 Å². The molecule has 2 aromatic rings. The first-order chi connectivity index (χ1) is 10.3. The molecule has 3 rings (SSSR count). The van der Waals surface area contributed by atoms with Gasteiger partial charge in [-0.25, -0.2) is 0 Å². The van der Waals surface area contributed by atoms with Crippen molar-refractivity contribution in [2.45, 2.75) is 19.4 Å². The number of likely N-dealkylation sites (N-methyl/N-ethyl adjacent to an activating group) is 1. The molecule has 1 aliphatic carbocycles. The predicted octanol–water partition coefficient (Wildman–Crippen LogP) is 3.22. The van der Waals surface area contributed by atoms with Gasteiger partial charge in [0.1, 0.15) is 0 Å². The highest BCUT2D eigenvalue weighted by Gasteiger charge is 2.24. The Balaban J connectivity index is 1.84. The summed E-state index contributed by atoms with van der Waals surface area (Å²) in [6.45, 7) is 5.39. The van der Waals surface area contributed by atoms with Crippen LogP contribution in [-0.2, 0) is 6.42 Å². The summed E-state index contributed by atoms with van der Waals surface area (Å²) in [4.78, 5) is 2.34. The third-order valence-corrected chi connectivity index (χ3v) is 4.49. The fourth-order valence-corrected chi connectivity index (χ4v) is 3.10. The maximum absolute atomic E-state index is 3.76. The van der Waals surface area contributed by atoms with Gasteiger partial charge in [-0.15, -0.1) is 0 Å². The number of benzene rings is 2. The van der Waals surface area contributed by atoms with E-state index >= 15 is 0 Å². The lowest BCUT2D eigenvalue weighted by Crippen LogP contribution is -2.34. The van der Waals surface area contributed by atoms with Gasteiger partial charge in [0.25, 0.3) is 0 Å². The molecular weight excluding hydrogens is 256 g/mol. The van der Waals surface area contributed by atoms with Gasteiger partial charge < -0.3 is 10.2 Å². The summed E-state index contributed by atoms with van der Waals surface area (Å²) in [5.41, 5.74) is 5.79. The zero-order chi connectivity index (χ0) is 14.7. The van der Waals surface area contributed by atoms with Crippen LogP contribution in [0, 0.1) is 0 Å². The quantitative estimate of drug-likeness (QED) is 0.904. The summed E-state index contributed by atoms with van der Waals surface area (Å²) in [7, 11) is 2.17. The van der Waals surface area contributed by atoms with Crippen molar-refractivity contribution in [2.75, 3.05) is 26.7 Å². The summed E-state index contributed by atoms with van der Waals surface area (Å²) in [6.07, 6.45) is 1.05. The van der Waals surface area contributed by atoms with Gasteiger partial charge in [-0.1, -0.05) is 55.5 Å². The first-order valence-electron chi connectivity index (χ1n) is 7.87. The molecule has 0 saturated carbocycles. The van der Waals surface area contributed by atoms with Crippen molar-refractivity contribution < 1.29 is 0 Å². The molecule has 0 spiro atoms. The fourth-order valence-electron chi connectivity index (χ4n) is 3.10. The second-order valence-electron chi connectivity index (χ2n) is 5.86. The van der Waals surface area contributed by atoms with Crippen LogP contribution in [0.5, 0.6) is 0 Å². The van der Waals surface area contributed by atoms with E-state index in [0.29, 0.717) is 6.04 Å². The smallest absolute Gasteiger partial charge is 0.0582 e. The molecule has 2 heteroatoms. The average molecular weight is 280 g/mol. The number of nitrogens with zero attached hydrogens (tertiary/aromatic N) is 1. The minimum absolute atomic E-state index is 0.330. The van der Waals surface area contributed by atoms with Crippen LogP contribution in [0.15, 0.2) is 48.5 Å². The Labute approximate surface area is 127 Å². The van der Waals surface area contributed by atoms with Crippen molar-refractivity contribution in [2.24, 2.45) is 0 Å². The Morgan fingerprint density at radius 1 is 1.00 bits per heavy atom. The molecule has 0 aliphatic heterocycles. The van der Waals surface area contributed by atoms with E-state index in [-0.39, 0.29) is 0 Å². The van der Waals surface area contributed by atoms with Crippen LogP contribution in [0.3, 0.4) is 0 Å². The van der Waals surface area contributed by atoms with E-state index in [1.54, 1.807) is 0 Å². The second kappa shape index (κ2) is 6.42. The van der Waals surface area contributed by atoms with Crippen molar-refractivity contribution in [3.05, 3.63) is 70.8 Å². The van der Waals surface area contributed by atoms with E-state index in [0.717, 1.165) is 26.1 Å². The van der Waals surface area contributed by atoms with Crippen LogP contribution < -0.4 is 5.32 Å². The normalized spacial score (nSPS) is 14.0. The molecular formula is C19H24N2. The van der Waals surface area contributed by atoms with Crippen molar-refractivity contribution in [3.63, 3.8) is 0 Å². The molecule has 1 aliphatic rings. The number of rotatable bonds is 5. The zero-order valence-corrected chi connectivity index (χ0v) is 13.0. The SMILES string of the molecule is CCN(C)CCNC1c2ccccc2Cc2ccccc21.